The van der Waals surface area contributed by atoms with Crippen molar-refractivity contribution >= 4 is 33.4 Å². The molecular formula is C26H27ClN4O2S2. The molecule has 0 saturated heterocycles. The van der Waals surface area contributed by atoms with E-state index in [0.29, 0.717) is 28.2 Å². The Balaban J connectivity index is 1.80. The molecule has 0 aliphatic rings. The molecule has 0 amide bonds. The van der Waals surface area contributed by atoms with Gasteiger partial charge < -0.3 is 0 Å². The predicted octanol–water partition coefficient (Wildman–Crippen LogP) is 5.66. The second kappa shape index (κ2) is 11.0. The van der Waals surface area contributed by atoms with Gasteiger partial charge in [-0.3, -0.25) is 4.57 Å². The van der Waals surface area contributed by atoms with Crippen molar-refractivity contribution in [3.8, 4) is 5.69 Å². The summed E-state index contributed by atoms with van der Waals surface area (Å²) in [7, 11) is -3.52. The van der Waals surface area contributed by atoms with E-state index >= 15 is 0 Å². The molecule has 0 radical (unpaired) electrons. The average molecular weight is 527 g/mol. The zero-order valence-electron chi connectivity index (χ0n) is 19.8. The Morgan fingerprint density at radius 3 is 2.43 bits per heavy atom. The van der Waals surface area contributed by atoms with Crippen molar-refractivity contribution in [2.45, 2.75) is 37.2 Å². The molecule has 9 heteroatoms. The Morgan fingerprint density at radius 1 is 0.971 bits per heavy atom. The molecule has 35 heavy (non-hydrogen) atoms. The number of nitrogens with one attached hydrogen (secondary N) is 1. The highest BCUT2D eigenvalue weighted by Gasteiger charge is 2.26. The molecular weight excluding hydrogens is 500 g/mol. The topological polar surface area (TPSA) is 76.9 Å². The number of sulfonamides is 1. The van der Waals surface area contributed by atoms with Gasteiger partial charge in [0.25, 0.3) is 0 Å². The first-order valence-electron chi connectivity index (χ1n) is 11.1. The number of benzene rings is 3. The van der Waals surface area contributed by atoms with Crippen molar-refractivity contribution in [1.82, 2.24) is 19.5 Å². The molecule has 0 spiro atoms. The number of aryl methyl sites for hydroxylation is 2. The molecule has 0 bridgehead atoms. The minimum atomic E-state index is -3.52. The lowest BCUT2D eigenvalue weighted by atomic mass is 10.1. The number of halogens is 1. The summed E-state index contributed by atoms with van der Waals surface area (Å²) >= 11 is 7.92. The minimum Gasteiger partial charge on any atom is -0.272 e. The second-order valence-corrected chi connectivity index (χ2v) is 11.7. The van der Waals surface area contributed by atoms with Gasteiger partial charge in [-0.05, 0) is 49.1 Å². The van der Waals surface area contributed by atoms with Crippen LogP contribution in [0.4, 0.5) is 0 Å². The normalized spacial score (nSPS) is 12.6. The lowest BCUT2D eigenvalue weighted by Gasteiger charge is -2.20. The van der Waals surface area contributed by atoms with Crippen LogP contribution in [-0.2, 0) is 22.2 Å². The summed E-state index contributed by atoms with van der Waals surface area (Å²) in [4.78, 5) is 0. The van der Waals surface area contributed by atoms with Crippen LogP contribution < -0.4 is 4.72 Å². The number of hydrogen-bond acceptors (Lipinski definition) is 5. The first-order valence-corrected chi connectivity index (χ1v) is 14.4. The van der Waals surface area contributed by atoms with Gasteiger partial charge in [-0.25, -0.2) is 13.1 Å². The molecule has 182 valence electrons. The van der Waals surface area contributed by atoms with Gasteiger partial charge in [0.05, 0.1) is 18.0 Å². The van der Waals surface area contributed by atoms with Crippen LogP contribution in [0.2, 0.25) is 5.02 Å². The van der Waals surface area contributed by atoms with Crippen molar-refractivity contribution in [2.24, 2.45) is 0 Å². The summed E-state index contributed by atoms with van der Waals surface area (Å²) in [6.45, 7) is 4.05. The first-order chi connectivity index (χ1) is 16.7. The van der Waals surface area contributed by atoms with Crippen molar-refractivity contribution in [3.05, 3.63) is 106 Å². The van der Waals surface area contributed by atoms with Gasteiger partial charge in [0.1, 0.15) is 0 Å². The Labute approximate surface area is 215 Å². The number of thioether (sulfide) groups is 1. The van der Waals surface area contributed by atoms with Crippen LogP contribution in [-0.4, -0.2) is 29.4 Å². The zero-order chi connectivity index (χ0) is 25.0. The van der Waals surface area contributed by atoms with Crippen LogP contribution in [0.1, 0.15) is 34.1 Å². The summed E-state index contributed by atoms with van der Waals surface area (Å²) in [5, 5.41) is 10.2. The fraction of sp³-hybridized carbons (Fsp3) is 0.231. The van der Waals surface area contributed by atoms with E-state index in [1.54, 1.807) is 11.8 Å². The smallest absolute Gasteiger partial charge is 0.209 e. The highest BCUT2D eigenvalue weighted by atomic mass is 35.5. The zero-order valence-corrected chi connectivity index (χ0v) is 22.2. The van der Waals surface area contributed by atoms with Crippen LogP contribution in [0, 0.1) is 13.8 Å². The lowest BCUT2D eigenvalue weighted by molar-refractivity contribution is 0.542. The number of hydrogen-bond donors (Lipinski definition) is 1. The molecule has 4 aromatic rings. The van der Waals surface area contributed by atoms with E-state index in [1.807, 2.05) is 66.1 Å². The van der Waals surface area contributed by atoms with Gasteiger partial charge in [-0.1, -0.05) is 89.6 Å². The van der Waals surface area contributed by atoms with E-state index in [0.717, 1.165) is 23.1 Å². The van der Waals surface area contributed by atoms with E-state index in [1.165, 1.54) is 11.1 Å². The molecule has 0 aliphatic carbocycles. The van der Waals surface area contributed by atoms with Crippen LogP contribution >= 0.6 is 23.4 Å². The number of rotatable bonds is 9. The van der Waals surface area contributed by atoms with Gasteiger partial charge in [0, 0.05) is 10.8 Å². The summed E-state index contributed by atoms with van der Waals surface area (Å²) in [5.74, 6) is 1.21. The van der Waals surface area contributed by atoms with Crippen LogP contribution in [0.25, 0.3) is 5.69 Å². The third-order valence-corrected chi connectivity index (χ3v) is 7.42. The van der Waals surface area contributed by atoms with E-state index in [4.69, 9.17) is 11.6 Å². The third-order valence-electron chi connectivity index (χ3n) is 5.47. The molecule has 0 saturated carbocycles. The number of aromatic nitrogens is 3. The molecule has 0 fully saturated rings. The van der Waals surface area contributed by atoms with Crippen molar-refractivity contribution < 1.29 is 8.42 Å². The lowest BCUT2D eigenvalue weighted by Crippen LogP contribution is -2.31. The fourth-order valence-electron chi connectivity index (χ4n) is 3.89. The largest absolute Gasteiger partial charge is 0.272 e. The quantitative estimate of drug-likeness (QED) is 0.285. The monoisotopic (exact) mass is 526 g/mol. The highest BCUT2D eigenvalue weighted by molar-refractivity contribution is 7.98. The molecule has 0 aliphatic heterocycles. The van der Waals surface area contributed by atoms with Gasteiger partial charge >= 0.3 is 0 Å². The van der Waals surface area contributed by atoms with Gasteiger partial charge in [0.2, 0.25) is 10.0 Å². The van der Waals surface area contributed by atoms with Crippen molar-refractivity contribution in [1.29, 1.82) is 0 Å². The molecule has 3 aromatic carbocycles. The Bertz CT molecular complexity index is 1420. The standard InChI is InChI=1S/C26H27ClN4O2S2/c1-18-8-7-11-21(14-18)17-34-26-29-28-25(31(26)24-16-22(27)13-12-19(24)2)23(30-35(3,32)33)15-20-9-5-4-6-10-20/h4-14,16,23,30H,15,17H2,1-3H3. The molecule has 1 atom stereocenters. The second-order valence-electron chi connectivity index (χ2n) is 8.52. The van der Waals surface area contributed by atoms with Crippen LogP contribution in [0.5, 0.6) is 0 Å². The molecule has 4 rings (SSSR count). The molecule has 1 aromatic heterocycles. The Hall–Kier alpha value is -2.65. The van der Waals surface area contributed by atoms with E-state index in [9.17, 15) is 8.42 Å². The van der Waals surface area contributed by atoms with Crippen molar-refractivity contribution in [3.63, 3.8) is 0 Å². The maximum atomic E-state index is 12.3. The van der Waals surface area contributed by atoms with Crippen LogP contribution in [0.15, 0.2) is 78.0 Å². The van der Waals surface area contributed by atoms with E-state index in [2.05, 4.69) is 40.0 Å². The molecule has 1 N–H and O–H groups in total. The van der Waals surface area contributed by atoms with Gasteiger partial charge in [0.15, 0.2) is 11.0 Å². The van der Waals surface area contributed by atoms with Gasteiger partial charge in [-0.2, -0.15) is 0 Å². The molecule has 1 heterocycles. The summed E-state index contributed by atoms with van der Waals surface area (Å²) < 4.78 is 29.3. The molecule has 6 nitrogen and oxygen atoms in total. The van der Waals surface area contributed by atoms with E-state index < -0.39 is 16.1 Å². The first kappa shape index (κ1) is 25.4. The SMILES string of the molecule is Cc1cccc(CSc2nnc(C(Cc3ccccc3)NS(C)(=O)=O)n2-c2cc(Cl)ccc2C)c1. The van der Waals surface area contributed by atoms with Gasteiger partial charge in [-0.15, -0.1) is 10.2 Å². The molecule has 1 unspecified atom stereocenters. The summed E-state index contributed by atoms with van der Waals surface area (Å²) in [5.41, 5.74) is 5.14. The third kappa shape index (κ3) is 6.73. The Morgan fingerprint density at radius 2 is 1.71 bits per heavy atom. The maximum absolute atomic E-state index is 12.3. The van der Waals surface area contributed by atoms with E-state index in [-0.39, 0.29) is 0 Å². The maximum Gasteiger partial charge on any atom is 0.209 e. The summed E-state index contributed by atoms with van der Waals surface area (Å²) in [6.07, 6.45) is 1.58. The summed E-state index contributed by atoms with van der Waals surface area (Å²) in [6, 6.07) is 23.1. The van der Waals surface area contributed by atoms with Crippen molar-refractivity contribution in [2.75, 3.05) is 6.26 Å². The highest BCUT2D eigenvalue weighted by Crippen LogP contribution is 2.31. The average Bonchev–Trinajstić information content (AvgIpc) is 3.22. The Kier molecular flexibility index (Phi) is 7.96. The predicted molar refractivity (Wildman–Crippen MR) is 143 cm³/mol. The van der Waals surface area contributed by atoms with Crippen LogP contribution in [0.3, 0.4) is 0 Å². The number of nitrogens with zero attached hydrogens (tertiary/aromatic N) is 3. The fourth-order valence-corrected chi connectivity index (χ4v) is 5.66. The minimum absolute atomic E-state index is 0.425.